The Hall–Kier alpha value is -3.97. The summed E-state index contributed by atoms with van der Waals surface area (Å²) in [5, 5.41) is 21.8. The number of benzene rings is 3. The molecule has 37 heavy (non-hydrogen) atoms. The van der Waals surface area contributed by atoms with Crippen LogP contribution in [-0.2, 0) is 22.4 Å². The van der Waals surface area contributed by atoms with Crippen LogP contribution in [0, 0.1) is 13.8 Å². The number of thiazole rings is 1. The van der Waals surface area contributed by atoms with Gasteiger partial charge in [-0.3, -0.25) is 14.5 Å². The van der Waals surface area contributed by atoms with E-state index in [4.69, 9.17) is 4.98 Å². The molecule has 1 unspecified atom stereocenters. The zero-order valence-corrected chi connectivity index (χ0v) is 21.4. The summed E-state index contributed by atoms with van der Waals surface area (Å²) in [4.78, 5) is 33.1. The molecule has 4 aromatic rings. The quantitative estimate of drug-likeness (QED) is 0.197. The Balaban J connectivity index is 1.54. The summed E-state index contributed by atoms with van der Waals surface area (Å²) in [5.41, 5.74) is 6.55. The molecule has 2 aliphatic rings. The first-order valence-electron chi connectivity index (χ1n) is 12.4. The van der Waals surface area contributed by atoms with Gasteiger partial charge in [0.25, 0.3) is 5.78 Å². The number of ketones is 1. The fraction of sp³-hybridized carbons (Fsp3) is 0.233. The number of Topliss-reactive ketones (excluding diaryl/α,β-unsaturated/α-hetero) is 1. The van der Waals surface area contributed by atoms with Crippen LogP contribution in [-0.4, -0.2) is 26.9 Å². The third-order valence-corrected chi connectivity index (χ3v) is 8.49. The first-order valence-corrected chi connectivity index (χ1v) is 13.2. The van der Waals surface area contributed by atoms with Crippen LogP contribution >= 0.6 is 11.3 Å². The molecule has 1 aliphatic carbocycles. The van der Waals surface area contributed by atoms with Gasteiger partial charge in [-0.25, -0.2) is 4.98 Å². The van der Waals surface area contributed by atoms with Crippen LogP contribution in [0.3, 0.4) is 0 Å². The van der Waals surface area contributed by atoms with Gasteiger partial charge in [-0.1, -0.05) is 35.6 Å². The lowest BCUT2D eigenvalue weighted by Crippen LogP contribution is -2.29. The van der Waals surface area contributed by atoms with Gasteiger partial charge in [0.15, 0.2) is 5.13 Å². The lowest BCUT2D eigenvalue weighted by Gasteiger charge is -2.23. The molecule has 2 heterocycles. The molecule has 0 radical (unpaired) electrons. The number of carbonyl (C=O) groups excluding carboxylic acids is 2. The van der Waals surface area contributed by atoms with E-state index in [1.54, 1.807) is 12.1 Å². The maximum absolute atomic E-state index is 13.5. The molecule has 1 atom stereocenters. The number of anilines is 1. The fourth-order valence-corrected chi connectivity index (χ4v) is 6.38. The zero-order valence-electron chi connectivity index (χ0n) is 20.6. The van der Waals surface area contributed by atoms with Crippen molar-refractivity contribution in [3.63, 3.8) is 0 Å². The van der Waals surface area contributed by atoms with E-state index in [2.05, 4.69) is 0 Å². The summed E-state index contributed by atoms with van der Waals surface area (Å²) in [6.07, 6.45) is 4.17. The lowest BCUT2D eigenvalue weighted by atomic mass is 9.89. The minimum absolute atomic E-state index is 0.0260. The number of aromatic hydroxyl groups is 1. The molecule has 1 saturated heterocycles. The molecule has 0 saturated carbocycles. The smallest absolute Gasteiger partial charge is 0.301 e. The summed E-state index contributed by atoms with van der Waals surface area (Å²) < 4.78 is 0.916. The zero-order chi connectivity index (χ0) is 25.8. The topological polar surface area (TPSA) is 90.7 Å². The number of amides is 1. The molecule has 0 spiro atoms. The van der Waals surface area contributed by atoms with Crippen molar-refractivity contribution in [1.29, 1.82) is 0 Å². The normalized spacial score (nSPS) is 19.0. The van der Waals surface area contributed by atoms with Gasteiger partial charge < -0.3 is 10.2 Å². The summed E-state index contributed by atoms with van der Waals surface area (Å²) in [7, 11) is 0. The number of aliphatic hydroxyl groups is 1. The first-order chi connectivity index (χ1) is 17.8. The van der Waals surface area contributed by atoms with Crippen LogP contribution in [0.5, 0.6) is 5.75 Å². The van der Waals surface area contributed by atoms with E-state index in [-0.39, 0.29) is 17.1 Å². The van der Waals surface area contributed by atoms with Crippen LogP contribution in [0.1, 0.15) is 52.3 Å². The van der Waals surface area contributed by atoms with Crippen molar-refractivity contribution in [3.8, 4) is 5.75 Å². The second-order valence-electron chi connectivity index (χ2n) is 9.85. The van der Waals surface area contributed by atoms with E-state index in [1.165, 1.54) is 39.5 Å². The fourth-order valence-electron chi connectivity index (χ4n) is 5.31. The molecule has 1 fully saturated rings. The molecule has 2 N–H and O–H groups in total. The van der Waals surface area contributed by atoms with Crippen molar-refractivity contribution in [2.75, 3.05) is 4.90 Å². The molecule has 1 aliphatic heterocycles. The second kappa shape index (κ2) is 8.85. The summed E-state index contributed by atoms with van der Waals surface area (Å²) in [6, 6.07) is 15.3. The monoisotopic (exact) mass is 510 g/mol. The highest BCUT2D eigenvalue weighted by Crippen LogP contribution is 2.45. The summed E-state index contributed by atoms with van der Waals surface area (Å²) >= 11 is 1.34. The molecule has 7 heteroatoms. The maximum Gasteiger partial charge on any atom is 0.301 e. The van der Waals surface area contributed by atoms with Gasteiger partial charge >= 0.3 is 5.91 Å². The highest BCUT2D eigenvalue weighted by molar-refractivity contribution is 7.22. The summed E-state index contributed by atoms with van der Waals surface area (Å²) in [6.45, 7) is 4.03. The van der Waals surface area contributed by atoms with E-state index in [9.17, 15) is 19.8 Å². The minimum Gasteiger partial charge on any atom is -0.508 e. The number of aryl methyl sites for hydroxylation is 4. The predicted molar refractivity (Wildman–Crippen MR) is 145 cm³/mol. The summed E-state index contributed by atoms with van der Waals surface area (Å²) in [5.74, 6) is -1.61. The SMILES string of the molecule is Cc1cc2nc(N3C(=O)C(=O)/C(=C(/O)c4ccc5c(c4)CCCC5)C3c3ccc(O)cc3)sc2cc1C. The highest BCUT2D eigenvalue weighted by atomic mass is 32.1. The maximum atomic E-state index is 13.5. The molecule has 3 aromatic carbocycles. The van der Waals surface area contributed by atoms with Crippen molar-refractivity contribution >= 4 is 44.1 Å². The first kappa shape index (κ1) is 23.4. The molecule has 6 rings (SSSR count). The Morgan fingerprint density at radius 3 is 2.41 bits per heavy atom. The molecule has 1 aromatic heterocycles. The van der Waals surface area contributed by atoms with Crippen molar-refractivity contribution in [2.24, 2.45) is 0 Å². The van der Waals surface area contributed by atoms with Crippen molar-refractivity contribution < 1.29 is 19.8 Å². The van der Waals surface area contributed by atoms with Gasteiger partial charge in [0, 0.05) is 5.56 Å². The van der Waals surface area contributed by atoms with Crippen molar-refractivity contribution in [1.82, 2.24) is 4.98 Å². The highest BCUT2D eigenvalue weighted by Gasteiger charge is 2.48. The van der Waals surface area contributed by atoms with Crippen LogP contribution in [0.2, 0.25) is 0 Å². The standard InChI is InChI=1S/C30H26N2O4S/c1-16-13-23-24(14-17(16)2)37-30(31-23)32-26(19-9-11-22(33)12-10-19)25(28(35)29(32)36)27(34)21-8-7-18-5-3-4-6-20(18)15-21/h7-15,26,33-34H,3-6H2,1-2H3/b27-25+. The Bertz CT molecular complexity index is 1580. The number of fused-ring (bicyclic) bond motifs is 2. The van der Waals surface area contributed by atoms with Gasteiger partial charge in [0.2, 0.25) is 0 Å². The molecule has 186 valence electrons. The van der Waals surface area contributed by atoms with Gasteiger partial charge in [-0.2, -0.15) is 0 Å². The van der Waals surface area contributed by atoms with Gasteiger partial charge in [-0.05, 0) is 97.7 Å². The average Bonchev–Trinajstić information content (AvgIpc) is 3.41. The van der Waals surface area contributed by atoms with E-state index in [0.717, 1.165) is 47.0 Å². The number of rotatable bonds is 3. The predicted octanol–water partition coefficient (Wildman–Crippen LogP) is 6.12. The van der Waals surface area contributed by atoms with E-state index in [1.807, 2.05) is 44.2 Å². The van der Waals surface area contributed by atoms with E-state index >= 15 is 0 Å². The number of aliphatic hydroxyl groups excluding tert-OH is 1. The van der Waals surface area contributed by atoms with Crippen molar-refractivity contribution in [3.05, 3.63) is 93.6 Å². The van der Waals surface area contributed by atoms with Gasteiger partial charge in [-0.15, -0.1) is 0 Å². The molecular formula is C30H26N2O4S. The van der Waals surface area contributed by atoms with E-state index in [0.29, 0.717) is 16.3 Å². The van der Waals surface area contributed by atoms with Gasteiger partial charge in [0.05, 0.1) is 21.8 Å². The minimum atomic E-state index is -0.876. The third-order valence-electron chi connectivity index (χ3n) is 7.47. The second-order valence-corrected chi connectivity index (χ2v) is 10.9. The molecule has 0 bridgehead atoms. The number of nitrogens with zero attached hydrogens (tertiary/aromatic N) is 2. The number of phenols is 1. The van der Waals surface area contributed by atoms with Crippen LogP contribution in [0.4, 0.5) is 5.13 Å². The van der Waals surface area contributed by atoms with Crippen LogP contribution < -0.4 is 4.90 Å². The lowest BCUT2D eigenvalue weighted by molar-refractivity contribution is -0.132. The largest absolute Gasteiger partial charge is 0.508 e. The number of hydrogen-bond donors (Lipinski definition) is 2. The Kier molecular flexibility index (Phi) is 5.60. The van der Waals surface area contributed by atoms with E-state index < -0.39 is 17.7 Å². The Morgan fingerprint density at radius 2 is 1.65 bits per heavy atom. The number of phenolic OH excluding ortho intramolecular Hbond substituents is 1. The molecule has 6 nitrogen and oxygen atoms in total. The van der Waals surface area contributed by atoms with Crippen molar-refractivity contribution in [2.45, 2.75) is 45.6 Å². The third kappa shape index (κ3) is 3.90. The number of carbonyl (C=O) groups is 2. The molecule has 1 amide bonds. The average molecular weight is 511 g/mol. The Labute approximate surface area is 218 Å². The molecular weight excluding hydrogens is 484 g/mol. The van der Waals surface area contributed by atoms with Gasteiger partial charge in [0.1, 0.15) is 11.5 Å². The van der Waals surface area contributed by atoms with Crippen LogP contribution in [0.25, 0.3) is 16.0 Å². The number of hydrogen-bond acceptors (Lipinski definition) is 6. The number of aromatic nitrogens is 1. The Morgan fingerprint density at radius 1 is 0.946 bits per heavy atom. The van der Waals surface area contributed by atoms with Crippen LogP contribution in [0.15, 0.2) is 60.2 Å².